The van der Waals surface area contributed by atoms with Crippen LogP contribution in [0.15, 0.2) is 53.5 Å². The zero-order chi connectivity index (χ0) is 23.3. The molecule has 0 radical (unpaired) electrons. The fourth-order valence-electron chi connectivity index (χ4n) is 3.41. The van der Waals surface area contributed by atoms with Gasteiger partial charge in [0.05, 0.1) is 23.9 Å². The van der Waals surface area contributed by atoms with Crippen molar-refractivity contribution in [1.29, 1.82) is 5.26 Å². The molecule has 0 fully saturated rings. The van der Waals surface area contributed by atoms with Crippen molar-refractivity contribution in [3.63, 3.8) is 0 Å². The van der Waals surface area contributed by atoms with Crippen LogP contribution in [0, 0.1) is 31.1 Å². The molecule has 3 rings (SSSR count). The highest BCUT2D eigenvalue weighted by Crippen LogP contribution is 2.30. The van der Waals surface area contributed by atoms with Gasteiger partial charge in [-0.15, -0.1) is 0 Å². The number of benzene rings is 2. The summed E-state index contributed by atoms with van der Waals surface area (Å²) in [4.78, 5) is 34.1. The number of hydrogen-bond donors (Lipinski definition) is 0. The molecule has 0 spiro atoms. The quantitative estimate of drug-likeness (QED) is 0.615. The predicted octanol–water partition coefficient (Wildman–Crippen LogP) is 4.71. The number of carbonyl (C=O) groups excluding carboxylic acids is 2. The van der Waals surface area contributed by atoms with Crippen LogP contribution in [0.2, 0.25) is 0 Å². The van der Waals surface area contributed by atoms with E-state index in [0.29, 0.717) is 11.7 Å². The minimum Gasteiger partial charge on any atom is -0.311 e. The van der Waals surface area contributed by atoms with Crippen molar-refractivity contribution in [2.75, 3.05) is 22.1 Å². The normalized spacial score (nSPS) is 15.6. The van der Waals surface area contributed by atoms with E-state index in [-0.39, 0.29) is 29.9 Å². The Morgan fingerprint density at radius 1 is 1.12 bits per heavy atom. The summed E-state index contributed by atoms with van der Waals surface area (Å²) in [5, 5.41) is 9.56. The molecule has 0 aromatic heterocycles. The van der Waals surface area contributed by atoms with Crippen molar-refractivity contribution in [3.05, 3.63) is 59.7 Å². The van der Waals surface area contributed by atoms with Crippen molar-refractivity contribution in [3.8, 4) is 6.07 Å². The fourth-order valence-corrected chi connectivity index (χ4v) is 4.34. The Bertz CT molecular complexity index is 1040. The molecular formula is C25H28N4O2S. The first kappa shape index (κ1) is 23.6. The molecule has 1 heterocycles. The first-order valence-corrected chi connectivity index (χ1v) is 11.7. The maximum atomic E-state index is 13.1. The summed E-state index contributed by atoms with van der Waals surface area (Å²) < 4.78 is 0. The lowest BCUT2D eigenvalue weighted by Gasteiger charge is -2.23. The number of rotatable bonds is 7. The molecule has 1 aliphatic rings. The van der Waals surface area contributed by atoms with Gasteiger partial charge in [-0.05, 0) is 44.0 Å². The molecule has 0 aliphatic carbocycles. The number of carbonyl (C=O) groups is 2. The zero-order valence-corrected chi connectivity index (χ0v) is 19.7. The topological polar surface area (TPSA) is 76.8 Å². The van der Waals surface area contributed by atoms with Crippen LogP contribution in [-0.2, 0) is 9.59 Å². The predicted molar refractivity (Wildman–Crippen MR) is 131 cm³/mol. The number of amides is 2. The molecule has 0 unspecified atom stereocenters. The first-order chi connectivity index (χ1) is 15.3. The number of aryl methyl sites for hydroxylation is 2. The van der Waals surface area contributed by atoms with Gasteiger partial charge in [-0.25, -0.2) is 4.99 Å². The van der Waals surface area contributed by atoms with Gasteiger partial charge in [0, 0.05) is 12.2 Å². The molecule has 0 N–H and O–H groups in total. The molecule has 6 nitrogen and oxygen atoms in total. The minimum absolute atomic E-state index is 0.0592. The second-order valence-electron chi connectivity index (χ2n) is 8.19. The second-order valence-corrected chi connectivity index (χ2v) is 9.13. The molecule has 1 aliphatic heterocycles. The van der Waals surface area contributed by atoms with Gasteiger partial charge in [0.15, 0.2) is 5.17 Å². The highest BCUT2D eigenvalue weighted by molar-refractivity contribution is 8.14. The van der Waals surface area contributed by atoms with E-state index in [1.165, 1.54) is 11.8 Å². The molecule has 0 bridgehead atoms. The Hall–Kier alpha value is -3.11. The summed E-state index contributed by atoms with van der Waals surface area (Å²) in [7, 11) is 0. The van der Waals surface area contributed by atoms with Gasteiger partial charge in [-0.1, -0.05) is 61.0 Å². The number of amidine groups is 1. The molecule has 32 heavy (non-hydrogen) atoms. The minimum atomic E-state index is -0.458. The Kier molecular flexibility index (Phi) is 7.70. The van der Waals surface area contributed by atoms with Gasteiger partial charge in [0.2, 0.25) is 5.91 Å². The molecular weight excluding hydrogens is 420 g/mol. The number of anilines is 2. The first-order valence-electron chi connectivity index (χ1n) is 10.7. The average molecular weight is 449 g/mol. The van der Waals surface area contributed by atoms with Gasteiger partial charge in [0.1, 0.15) is 6.04 Å². The summed E-state index contributed by atoms with van der Waals surface area (Å²) in [6, 6.07) is 17.0. The molecule has 7 heteroatoms. The number of aliphatic imine (C=N–C) groups is 1. The van der Waals surface area contributed by atoms with Crippen molar-refractivity contribution in [2.24, 2.45) is 10.9 Å². The lowest BCUT2D eigenvalue weighted by Crippen LogP contribution is -2.37. The maximum Gasteiger partial charge on any atom is 0.258 e. The van der Waals surface area contributed by atoms with Crippen molar-refractivity contribution in [1.82, 2.24) is 0 Å². The average Bonchev–Trinajstić information content (AvgIpc) is 3.10. The highest BCUT2D eigenvalue weighted by Gasteiger charge is 2.38. The molecule has 2 amide bonds. The van der Waals surface area contributed by atoms with Gasteiger partial charge in [-0.3, -0.25) is 14.5 Å². The molecule has 1 atom stereocenters. The fraction of sp³-hybridized carbons (Fsp3) is 0.360. The van der Waals surface area contributed by atoms with Crippen LogP contribution in [0.1, 0.15) is 31.4 Å². The Morgan fingerprint density at radius 3 is 2.28 bits per heavy atom. The number of hydrogen-bond acceptors (Lipinski definition) is 5. The number of thioether (sulfide) groups is 1. The van der Waals surface area contributed by atoms with Crippen molar-refractivity contribution < 1.29 is 9.59 Å². The molecule has 2 aromatic carbocycles. The third kappa shape index (κ3) is 5.38. The van der Waals surface area contributed by atoms with E-state index in [1.807, 2.05) is 76.2 Å². The van der Waals surface area contributed by atoms with E-state index in [4.69, 9.17) is 5.26 Å². The summed E-state index contributed by atoms with van der Waals surface area (Å²) in [6.07, 6.45) is 0.245. The van der Waals surface area contributed by atoms with Crippen molar-refractivity contribution >= 4 is 40.1 Å². The van der Waals surface area contributed by atoms with Crippen LogP contribution >= 0.6 is 11.8 Å². The van der Waals surface area contributed by atoms with Crippen molar-refractivity contribution in [2.45, 2.75) is 40.2 Å². The maximum absolute atomic E-state index is 13.1. The summed E-state index contributed by atoms with van der Waals surface area (Å²) in [5.41, 5.74) is 3.72. The van der Waals surface area contributed by atoms with Crippen LogP contribution in [0.25, 0.3) is 0 Å². The largest absolute Gasteiger partial charge is 0.311 e. The second kappa shape index (κ2) is 10.5. The van der Waals surface area contributed by atoms with E-state index in [2.05, 4.69) is 11.1 Å². The molecule has 166 valence electrons. The van der Waals surface area contributed by atoms with E-state index in [9.17, 15) is 9.59 Å². The van der Waals surface area contributed by atoms with Crippen LogP contribution in [0.5, 0.6) is 0 Å². The standard InChI is InChI=1S/C25H28N4O2S/c1-17(2)23-24(31)29(21-12-8-19(4)9-13-21)25(27-23)32-16-22(30)28(15-5-14-26)20-10-6-18(3)7-11-20/h6-13,17,23H,5,15-16H2,1-4H3/t23-/m1/s1. The van der Waals surface area contributed by atoms with E-state index < -0.39 is 6.04 Å². The smallest absolute Gasteiger partial charge is 0.258 e. The van der Waals surface area contributed by atoms with Crippen LogP contribution in [-0.4, -0.2) is 35.3 Å². The molecule has 2 aromatic rings. The Balaban J connectivity index is 1.80. The Morgan fingerprint density at radius 2 is 1.72 bits per heavy atom. The lowest BCUT2D eigenvalue weighted by atomic mass is 10.0. The molecule has 0 saturated heterocycles. The van der Waals surface area contributed by atoms with Gasteiger partial charge in [-0.2, -0.15) is 5.26 Å². The number of nitriles is 1. The monoisotopic (exact) mass is 448 g/mol. The van der Waals surface area contributed by atoms with Crippen LogP contribution in [0.3, 0.4) is 0 Å². The molecule has 0 saturated carbocycles. The van der Waals surface area contributed by atoms with E-state index >= 15 is 0 Å². The lowest BCUT2D eigenvalue weighted by molar-refractivity contribution is -0.119. The summed E-state index contributed by atoms with van der Waals surface area (Å²) in [5.74, 6) is -0.0118. The van der Waals surface area contributed by atoms with E-state index in [0.717, 1.165) is 22.5 Å². The Labute approximate surface area is 193 Å². The van der Waals surface area contributed by atoms with Gasteiger partial charge in [0.25, 0.3) is 5.91 Å². The highest BCUT2D eigenvalue weighted by atomic mass is 32.2. The van der Waals surface area contributed by atoms with Crippen LogP contribution < -0.4 is 9.80 Å². The van der Waals surface area contributed by atoms with Gasteiger partial charge < -0.3 is 4.90 Å². The van der Waals surface area contributed by atoms with E-state index in [1.54, 1.807) is 9.80 Å². The zero-order valence-electron chi connectivity index (χ0n) is 18.9. The van der Waals surface area contributed by atoms with Gasteiger partial charge >= 0.3 is 0 Å². The summed E-state index contributed by atoms with van der Waals surface area (Å²) >= 11 is 1.26. The SMILES string of the molecule is Cc1ccc(N(CCC#N)C(=O)CSC2=N[C@H](C(C)C)C(=O)N2c2ccc(C)cc2)cc1. The third-order valence-corrected chi connectivity index (χ3v) is 6.19. The third-order valence-electron chi connectivity index (χ3n) is 5.26. The summed E-state index contributed by atoms with van der Waals surface area (Å²) in [6.45, 7) is 8.25. The number of nitrogens with zero attached hydrogens (tertiary/aromatic N) is 4. The van der Waals surface area contributed by atoms with Crippen LogP contribution in [0.4, 0.5) is 11.4 Å².